The zero-order chi connectivity index (χ0) is 22.1. The molecule has 0 spiro atoms. The maximum absolute atomic E-state index is 13.9. The molecule has 0 saturated heterocycles. The van der Waals surface area contributed by atoms with Gasteiger partial charge in [-0.1, -0.05) is 12.1 Å². The zero-order valence-corrected chi connectivity index (χ0v) is 17.5. The minimum Gasteiger partial charge on any atom is -0.313 e. The van der Waals surface area contributed by atoms with E-state index >= 15 is 0 Å². The molecule has 0 radical (unpaired) electrons. The molecule has 0 fully saturated rings. The highest BCUT2D eigenvalue weighted by Gasteiger charge is 2.28. The Labute approximate surface area is 179 Å². The van der Waals surface area contributed by atoms with Gasteiger partial charge in [0.1, 0.15) is 17.8 Å². The number of hydrogen-bond acceptors (Lipinski definition) is 5. The summed E-state index contributed by atoms with van der Waals surface area (Å²) < 4.78 is 15.8. The number of rotatable bonds is 4. The summed E-state index contributed by atoms with van der Waals surface area (Å²) in [6.45, 7) is 4.04. The maximum atomic E-state index is 13.9. The number of carbonyl (C=O) groups excluding carboxylic acids is 2. The fourth-order valence-corrected chi connectivity index (χ4v) is 3.58. The van der Waals surface area contributed by atoms with Gasteiger partial charge in [0, 0.05) is 24.3 Å². The molecule has 3 aromatic rings. The Morgan fingerprint density at radius 1 is 1.26 bits per heavy atom. The molecule has 1 aliphatic heterocycles. The first-order valence-electron chi connectivity index (χ1n) is 10.1. The van der Waals surface area contributed by atoms with E-state index in [1.807, 2.05) is 18.4 Å². The first-order chi connectivity index (χ1) is 14.8. The van der Waals surface area contributed by atoms with Crippen molar-refractivity contribution in [3.05, 3.63) is 53.9 Å². The molecule has 1 atom stereocenters. The Morgan fingerprint density at radius 2 is 2.06 bits per heavy atom. The fourth-order valence-electron chi connectivity index (χ4n) is 3.58. The third-order valence-electron chi connectivity index (χ3n) is 5.32. The van der Waals surface area contributed by atoms with Gasteiger partial charge in [-0.15, -0.1) is 10.2 Å². The Kier molecular flexibility index (Phi) is 5.50. The van der Waals surface area contributed by atoms with E-state index in [9.17, 15) is 14.0 Å². The highest BCUT2D eigenvalue weighted by Crippen LogP contribution is 2.28. The molecule has 0 aliphatic carbocycles. The van der Waals surface area contributed by atoms with Gasteiger partial charge in [0.2, 0.25) is 0 Å². The van der Waals surface area contributed by atoms with Gasteiger partial charge in [-0.3, -0.25) is 9.59 Å². The van der Waals surface area contributed by atoms with Gasteiger partial charge in [-0.2, -0.15) is 0 Å². The van der Waals surface area contributed by atoms with Crippen molar-refractivity contribution >= 4 is 23.3 Å². The maximum Gasteiger partial charge on any atom is 0.261 e. The molecule has 0 bridgehead atoms. The average molecular weight is 422 g/mol. The quantitative estimate of drug-likeness (QED) is 0.695. The average Bonchev–Trinajstić information content (AvgIpc) is 3.23. The van der Waals surface area contributed by atoms with Crippen molar-refractivity contribution < 1.29 is 14.0 Å². The lowest BCUT2D eigenvalue weighted by molar-refractivity contribution is -0.123. The van der Waals surface area contributed by atoms with Crippen LogP contribution in [0.25, 0.3) is 11.5 Å². The molecule has 160 valence electrons. The molecule has 2 amide bonds. The van der Waals surface area contributed by atoms with Gasteiger partial charge in [0.25, 0.3) is 11.8 Å². The largest absolute Gasteiger partial charge is 0.313 e. The number of anilines is 2. The molecule has 9 heteroatoms. The first kappa shape index (κ1) is 20.6. The molecule has 1 N–H and O–H groups in total. The van der Waals surface area contributed by atoms with Gasteiger partial charge in [0.05, 0.1) is 0 Å². The van der Waals surface area contributed by atoms with Crippen molar-refractivity contribution in [3.63, 3.8) is 0 Å². The van der Waals surface area contributed by atoms with Crippen LogP contribution in [0.15, 0.2) is 42.7 Å². The van der Waals surface area contributed by atoms with E-state index in [4.69, 9.17) is 0 Å². The van der Waals surface area contributed by atoms with E-state index in [0.717, 1.165) is 5.56 Å². The van der Waals surface area contributed by atoms with Crippen LogP contribution in [0.1, 0.15) is 42.2 Å². The summed E-state index contributed by atoms with van der Waals surface area (Å²) in [5, 5.41) is 10.9. The minimum atomic E-state index is -1.53. The number of halogens is 1. The van der Waals surface area contributed by atoms with Gasteiger partial charge in [-0.05, 0) is 56.5 Å². The Morgan fingerprint density at radius 3 is 2.84 bits per heavy atom. The number of pyridine rings is 1. The van der Waals surface area contributed by atoms with E-state index < -0.39 is 12.1 Å². The van der Waals surface area contributed by atoms with Gasteiger partial charge < -0.3 is 14.8 Å². The van der Waals surface area contributed by atoms with E-state index in [0.29, 0.717) is 35.0 Å². The molecule has 1 unspecified atom stereocenters. The van der Waals surface area contributed by atoms with Crippen LogP contribution >= 0.6 is 0 Å². The van der Waals surface area contributed by atoms with Crippen LogP contribution in [0, 0.1) is 0 Å². The van der Waals surface area contributed by atoms with Gasteiger partial charge in [0.15, 0.2) is 12.0 Å². The Hall–Kier alpha value is -3.62. The number of fused-ring (bicyclic) bond motifs is 1. The van der Waals surface area contributed by atoms with Crippen LogP contribution in [-0.4, -0.2) is 44.8 Å². The summed E-state index contributed by atoms with van der Waals surface area (Å²) >= 11 is 0. The molecule has 31 heavy (non-hydrogen) atoms. The van der Waals surface area contributed by atoms with Gasteiger partial charge >= 0.3 is 0 Å². The number of carbonyl (C=O) groups is 2. The van der Waals surface area contributed by atoms with Crippen molar-refractivity contribution in [2.24, 2.45) is 0 Å². The molecule has 3 heterocycles. The van der Waals surface area contributed by atoms with Crippen molar-refractivity contribution in [1.82, 2.24) is 19.7 Å². The SMILES string of the molecule is CC(C)n1cnnc1-c1cccc(NC(=O)c2ccc3c(c2)N(C)C(=O)C(F)CC3)n1. The fraction of sp³-hybridized carbons (Fsp3) is 0.318. The number of amides is 2. The number of alkyl halides is 1. The van der Waals surface area contributed by atoms with Crippen molar-refractivity contribution in [3.8, 4) is 11.5 Å². The van der Waals surface area contributed by atoms with E-state index in [-0.39, 0.29) is 18.4 Å². The van der Waals surface area contributed by atoms with Crippen molar-refractivity contribution in [2.75, 3.05) is 17.3 Å². The molecular formula is C22H23FN6O2. The normalized spacial score (nSPS) is 16.2. The van der Waals surface area contributed by atoms with Crippen LogP contribution in [0.3, 0.4) is 0 Å². The second-order valence-corrected chi connectivity index (χ2v) is 7.76. The summed E-state index contributed by atoms with van der Waals surface area (Å²) in [6.07, 6.45) is 0.686. The van der Waals surface area contributed by atoms with Crippen molar-refractivity contribution in [1.29, 1.82) is 0 Å². The molecule has 1 aliphatic rings. The van der Waals surface area contributed by atoms with Gasteiger partial charge in [-0.25, -0.2) is 9.37 Å². The highest BCUT2D eigenvalue weighted by atomic mass is 19.1. The monoisotopic (exact) mass is 422 g/mol. The molecule has 2 aromatic heterocycles. The van der Waals surface area contributed by atoms with E-state index in [1.54, 1.807) is 42.7 Å². The molecule has 8 nitrogen and oxygen atoms in total. The first-order valence-corrected chi connectivity index (χ1v) is 10.1. The van der Waals surface area contributed by atoms with Crippen LogP contribution in [0.5, 0.6) is 0 Å². The third kappa shape index (κ3) is 4.03. The predicted octanol–water partition coefficient (Wildman–Crippen LogP) is 3.42. The molecular weight excluding hydrogens is 399 g/mol. The summed E-state index contributed by atoms with van der Waals surface area (Å²) in [4.78, 5) is 30.8. The number of benzene rings is 1. The van der Waals surface area contributed by atoms with Crippen LogP contribution in [-0.2, 0) is 11.2 Å². The summed E-state index contributed by atoms with van der Waals surface area (Å²) in [5.74, 6) is 0.000608. The van der Waals surface area contributed by atoms with E-state index in [1.165, 1.54) is 11.9 Å². The lowest BCUT2D eigenvalue weighted by Crippen LogP contribution is -2.32. The molecule has 0 saturated carbocycles. The Bertz CT molecular complexity index is 1140. The topological polar surface area (TPSA) is 93.0 Å². The highest BCUT2D eigenvalue weighted by molar-refractivity contribution is 6.06. The second kappa shape index (κ2) is 8.25. The van der Waals surface area contributed by atoms with E-state index in [2.05, 4.69) is 20.5 Å². The third-order valence-corrected chi connectivity index (χ3v) is 5.32. The lowest BCUT2D eigenvalue weighted by atomic mass is 10.0. The smallest absolute Gasteiger partial charge is 0.261 e. The number of nitrogens with one attached hydrogen (secondary N) is 1. The second-order valence-electron chi connectivity index (χ2n) is 7.76. The van der Waals surface area contributed by atoms with Crippen molar-refractivity contribution in [2.45, 2.75) is 38.9 Å². The number of nitrogens with zero attached hydrogens (tertiary/aromatic N) is 5. The molecule has 1 aromatic carbocycles. The van der Waals surface area contributed by atoms with Crippen LogP contribution < -0.4 is 10.2 Å². The Balaban J connectivity index is 1.58. The lowest BCUT2D eigenvalue weighted by Gasteiger charge is -2.19. The number of hydrogen-bond donors (Lipinski definition) is 1. The number of aromatic nitrogens is 4. The molecule has 4 rings (SSSR count). The zero-order valence-electron chi connectivity index (χ0n) is 17.5. The predicted molar refractivity (Wildman–Crippen MR) is 115 cm³/mol. The van der Waals surface area contributed by atoms with Crippen LogP contribution in [0.4, 0.5) is 15.9 Å². The number of aryl methyl sites for hydroxylation is 1. The summed E-state index contributed by atoms with van der Waals surface area (Å²) in [7, 11) is 1.52. The standard InChI is InChI=1S/C22H23FN6O2/c1-13(2)29-12-24-27-20(29)17-5-4-6-19(25-17)26-21(30)15-8-7-14-9-10-16(23)22(31)28(3)18(14)11-15/h4-8,11-13,16H,9-10H2,1-3H3,(H,25,26,30). The van der Waals surface area contributed by atoms with Crippen LogP contribution in [0.2, 0.25) is 0 Å². The summed E-state index contributed by atoms with van der Waals surface area (Å²) in [5.41, 5.74) is 2.32. The summed E-state index contributed by atoms with van der Waals surface area (Å²) in [6, 6.07) is 10.5. The minimum absolute atomic E-state index is 0.138.